The number of carbonyl (C=O) groups is 2. The van der Waals surface area contributed by atoms with Crippen LogP contribution in [0.1, 0.15) is 54.1 Å². The van der Waals surface area contributed by atoms with Gasteiger partial charge in [0.2, 0.25) is 5.91 Å². The normalized spacial score (nSPS) is 16.7. The zero-order valence-corrected chi connectivity index (χ0v) is 18.4. The van der Waals surface area contributed by atoms with E-state index in [1.807, 2.05) is 56.3 Å². The SMILES string of the molecule is CCC(C)NC(=O)c1ccc(CNC(=NC)NCC2CC(=O)Nc3ccccc32)cc1. The molecule has 31 heavy (non-hydrogen) atoms. The van der Waals surface area contributed by atoms with Crippen LogP contribution in [0.4, 0.5) is 5.69 Å². The van der Waals surface area contributed by atoms with E-state index in [0.29, 0.717) is 31.0 Å². The number of benzene rings is 2. The van der Waals surface area contributed by atoms with Gasteiger partial charge in [-0.15, -0.1) is 0 Å². The lowest BCUT2D eigenvalue weighted by Crippen LogP contribution is -2.40. The fourth-order valence-corrected chi connectivity index (χ4v) is 3.49. The van der Waals surface area contributed by atoms with E-state index < -0.39 is 0 Å². The van der Waals surface area contributed by atoms with E-state index in [1.165, 1.54) is 0 Å². The summed E-state index contributed by atoms with van der Waals surface area (Å²) in [7, 11) is 1.72. The van der Waals surface area contributed by atoms with Crippen molar-refractivity contribution in [2.45, 2.75) is 45.2 Å². The maximum absolute atomic E-state index is 12.2. The third-order valence-corrected chi connectivity index (χ3v) is 5.51. The van der Waals surface area contributed by atoms with Crippen molar-refractivity contribution in [2.24, 2.45) is 4.99 Å². The van der Waals surface area contributed by atoms with Gasteiger partial charge in [-0.1, -0.05) is 37.3 Å². The van der Waals surface area contributed by atoms with Crippen molar-refractivity contribution in [1.82, 2.24) is 16.0 Å². The summed E-state index contributed by atoms with van der Waals surface area (Å²) < 4.78 is 0. The molecule has 7 nitrogen and oxygen atoms in total. The van der Waals surface area contributed by atoms with Crippen LogP contribution in [0.5, 0.6) is 0 Å². The van der Waals surface area contributed by atoms with Crippen LogP contribution < -0.4 is 21.3 Å². The highest BCUT2D eigenvalue weighted by Gasteiger charge is 2.24. The van der Waals surface area contributed by atoms with Crippen molar-refractivity contribution in [3.05, 3.63) is 65.2 Å². The highest BCUT2D eigenvalue weighted by molar-refractivity contribution is 5.95. The summed E-state index contributed by atoms with van der Waals surface area (Å²) in [5, 5.41) is 12.5. The molecule has 1 heterocycles. The topological polar surface area (TPSA) is 94.6 Å². The standard InChI is InChI=1S/C24H31N5O2/c1-4-16(2)28-23(31)18-11-9-17(10-12-18)14-26-24(25-3)27-15-19-13-22(30)29-21-8-6-5-7-20(19)21/h5-12,16,19H,4,13-15H2,1-3H3,(H,28,31)(H,29,30)(H2,25,26,27). The number of para-hydroxylation sites is 1. The summed E-state index contributed by atoms with van der Waals surface area (Å²) in [4.78, 5) is 28.5. The molecular formula is C24H31N5O2. The third-order valence-electron chi connectivity index (χ3n) is 5.51. The summed E-state index contributed by atoms with van der Waals surface area (Å²) in [5.74, 6) is 0.739. The predicted octanol–water partition coefficient (Wildman–Crippen LogP) is 3.01. The average molecular weight is 422 g/mol. The van der Waals surface area contributed by atoms with Gasteiger partial charge in [0.25, 0.3) is 5.91 Å². The molecule has 4 N–H and O–H groups in total. The van der Waals surface area contributed by atoms with Gasteiger partial charge in [-0.25, -0.2) is 0 Å². The van der Waals surface area contributed by atoms with Crippen LogP contribution >= 0.6 is 0 Å². The van der Waals surface area contributed by atoms with E-state index in [-0.39, 0.29) is 23.8 Å². The minimum absolute atomic E-state index is 0.0332. The summed E-state index contributed by atoms with van der Waals surface area (Å²) >= 11 is 0. The van der Waals surface area contributed by atoms with Crippen molar-refractivity contribution in [1.29, 1.82) is 0 Å². The molecule has 3 rings (SSSR count). The van der Waals surface area contributed by atoms with E-state index in [4.69, 9.17) is 0 Å². The lowest BCUT2D eigenvalue weighted by molar-refractivity contribution is -0.116. The molecule has 0 fully saturated rings. The Morgan fingerprint density at radius 1 is 1.16 bits per heavy atom. The second-order valence-corrected chi connectivity index (χ2v) is 7.82. The number of hydrogen-bond donors (Lipinski definition) is 4. The fraction of sp³-hybridized carbons (Fsp3) is 0.375. The Morgan fingerprint density at radius 2 is 1.90 bits per heavy atom. The lowest BCUT2D eigenvalue weighted by atomic mass is 9.90. The Labute approximate surface area is 183 Å². The lowest BCUT2D eigenvalue weighted by Gasteiger charge is -2.26. The number of amides is 2. The number of rotatable bonds is 7. The van der Waals surface area contributed by atoms with E-state index in [0.717, 1.165) is 23.2 Å². The van der Waals surface area contributed by atoms with Crippen LogP contribution in [-0.4, -0.2) is 37.4 Å². The number of nitrogens with one attached hydrogen (secondary N) is 4. The van der Waals surface area contributed by atoms with Crippen molar-refractivity contribution in [3.63, 3.8) is 0 Å². The first kappa shape index (κ1) is 22.3. The van der Waals surface area contributed by atoms with Gasteiger partial charge in [-0.05, 0) is 42.7 Å². The van der Waals surface area contributed by atoms with Crippen LogP contribution in [0.3, 0.4) is 0 Å². The van der Waals surface area contributed by atoms with Gasteiger partial charge >= 0.3 is 0 Å². The van der Waals surface area contributed by atoms with Crippen molar-refractivity contribution in [2.75, 3.05) is 18.9 Å². The molecule has 164 valence electrons. The average Bonchev–Trinajstić information content (AvgIpc) is 2.79. The molecule has 0 saturated carbocycles. The Kier molecular flexibility index (Phi) is 7.65. The van der Waals surface area contributed by atoms with Crippen molar-refractivity contribution < 1.29 is 9.59 Å². The van der Waals surface area contributed by atoms with Crippen molar-refractivity contribution >= 4 is 23.5 Å². The molecule has 0 bridgehead atoms. The van der Waals surface area contributed by atoms with Crippen LogP contribution in [0.2, 0.25) is 0 Å². The number of aliphatic imine (C=N–C) groups is 1. The van der Waals surface area contributed by atoms with Gasteiger partial charge in [0.15, 0.2) is 5.96 Å². The van der Waals surface area contributed by atoms with Gasteiger partial charge in [-0.3, -0.25) is 14.6 Å². The summed E-state index contributed by atoms with van der Waals surface area (Å²) in [6.07, 6.45) is 1.35. The molecule has 2 aromatic rings. The number of hydrogen-bond acceptors (Lipinski definition) is 3. The monoisotopic (exact) mass is 421 g/mol. The van der Waals surface area contributed by atoms with Crippen LogP contribution in [-0.2, 0) is 11.3 Å². The second-order valence-electron chi connectivity index (χ2n) is 7.82. The minimum atomic E-state index is -0.0527. The molecule has 1 aliphatic heterocycles. The van der Waals surface area contributed by atoms with Crippen LogP contribution in [0, 0.1) is 0 Å². The first-order valence-corrected chi connectivity index (χ1v) is 10.7. The van der Waals surface area contributed by atoms with Crippen molar-refractivity contribution in [3.8, 4) is 0 Å². The number of nitrogens with zero attached hydrogens (tertiary/aromatic N) is 1. The van der Waals surface area contributed by atoms with Gasteiger partial charge in [0, 0.05) is 49.8 Å². The molecule has 2 unspecified atom stereocenters. The van der Waals surface area contributed by atoms with Gasteiger partial charge in [-0.2, -0.15) is 0 Å². The number of fused-ring (bicyclic) bond motifs is 1. The quantitative estimate of drug-likeness (QED) is 0.408. The van der Waals surface area contributed by atoms with Gasteiger partial charge < -0.3 is 21.3 Å². The Morgan fingerprint density at radius 3 is 2.61 bits per heavy atom. The Hall–Kier alpha value is -3.35. The molecule has 2 aromatic carbocycles. The van der Waals surface area contributed by atoms with E-state index in [1.54, 1.807) is 7.05 Å². The molecule has 0 aromatic heterocycles. The van der Waals surface area contributed by atoms with E-state index in [9.17, 15) is 9.59 Å². The summed E-state index contributed by atoms with van der Waals surface area (Å²) in [5.41, 5.74) is 3.72. The molecule has 0 saturated heterocycles. The Bertz CT molecular complexity index is 939. The molecule has 0 radical (unpaired) electrons. The van der Waals surface area contributed by atoms with Gasteiger partial charge in [0.05, 0.1) is 0 Å². The zero-order valence-electron chi connectivity index (χ0n) is 18.4. The molecule has 0 spiro atoms. The minimum Gasteiger partial charge on any atom is -0.356 e. The molecule has 1 aliphatic rings. The van der Waals surface area contributed by atoms with E-state index in [2.05, 4.69) is 32.3 Å². The third kappa shape index (κ3) is 6.07. The second kappa shape index (κ2) is 10.6. The maximum Gasteiger partial charge on any atom is 0.251 e. The summed E-state index contributed by atoms with van der Waals surface area (Å²) in [6, 6.07) is 15.6. The molecule has 7 heteroatoms. The number of anilines is 1. The summed E-state index contributed by atoms with van der Waals surface area (Å²) in [6.45, 7) is 5.23. The zero-order chi connectivity index (χ0) is 22.2. The van der Waals surface area contributed by atoms with Crippen LogP contribution in [0.15, 0.2) is 53.5 Å². The number of carbonyl (C=O) groups excluding carboxylic acids is 2. The molecule has 2 amide bonds. The highest BCUT2D eigenvalue weighted by atomic mass is 16.2. The maximum atomic E-state index is 12.2. The fourth-order valence-electron chi connectivity index (χ4n) is 3.49. The van der Waals surface area contributed by atoms with E-state index >= 15 is 0 Å². The number of guanidine groups is 1. The Balaban J connectivity index is 1.52. The predicted molar refractivity (Wildman–Crippen MR) is 124 cm³/mol. The highest BCUT2D eigenvalue weighted by Crippen LogP contribution is 2.31. The molecule has 2 atom stereocenters. The van der Waals surface area contributed by atoms with Gasteiger partial charge in [0.1, 0.15) is 0 Å². The largest absolute Gasteiger partial charge is 0.356 e. The molecule has 0 aliphatic carbocycles. The first-order valence-electron chi connectivity index (χ1n) is 10.7. The first-order chi connectivity index (χ1) is 15.0. The smallest absolute Gasteiger partial charge is 0.251 e. The molecular weight excluding hydrogens is 390 g/mol. The van der Waals surface area contributed by atoms with Crippen LogP contribution in [0.25, 0.3) is 0 Å².